The average molecular weight is 492 g/mol. The Morgan fingerprint density at radius 1 is 0.971 bits per heavy atom. The molecule has 2 heterocycles. The Balaban J connectivity index is 1.43. The number of amides is 2. The lowest BCUT2D eigenvalue weighted by Crippen LogP contribution is -2.51. The van der Waals surface area contributed by atoms with E-state index < -0.39 is 28.0 Å². The Morgan fingerprint density at radius 2 is 1.66 bits per heavy atom. The van der Waals surface area contributed by atoms with Gasteiger partial charge in [0.05, 0.1) is 29.3 Å². The molecule has 0 aromatic heterocycles. The minimum atomic E-state index is -3.86. The van der Waals surface area contributed by atoms with Crippen LogP contribution in [0.4, 0.5) is 5.69 Å². The van der Waals surface area contributed by atoms with Gasteiger partial charge in [-0.3, -0.25) is 9.59 Å². The summed E-state index contributed by atoms with van der Waals surface area (Å²) >= 11 is 0. The number of sulfonamides is 1. The second-order valence-electron chi connectivity index (χ2n) is 8.75. The van der Waals surface area contributed by atoms with Crippen LogP contribution in [0.25, 0.3) is 11.1 Å². The number of nitrogens with zero attached hydrogens (tertiary/aromatic N) is 1. The molecule has 0 spiro atoms. The Bertz CT molecular complexity index is 1400. The molecule has 2 amide bonds. The normalized spacial score (nSPS) is 19.5. The van der Waals surface area contributed by atoms with E-state index >= 15 is 0 Å². The van der Waals surface area contributed by atoms with Crippen LogP contribution in [0, 0.1) is 6.92 Å². The minimum Gasteiger partial charge on any atom is -0.497 e. The van der Waals surface area contributed by atoms with Gasteiger partial charge in [0.2, 0.25) is 15.9 Å². The fourth-order valence-electron chi connectivity index (χ4n) is 4.61. The SMILES string of the molecule is COc1ccc(-c2ccc3c(c2)C(=O)N2CC[C@@H](NS(=O)(=O)c4ccc(C)cc4)[C@H]2C(=O)N3)cc1. The van der Waals surface area contributed by atoms with Gasteiger partial charge in [0.1, 0.15) is 11.8 Å². The molecule has 1 fully saturated rings. The summed E-state index contributed by atoms with van der Waals surface area (Å²) in [4.78, 5) is 28.2. The smallest absolute Gasteiger partial charge is 0.256 e. The minimum absolute atomic E-state index is 0.120. The van der Waals surface area contributed by atoms with Crippen molar-refractivity contribution < 1.29 is 22.7 Å². The highest BCUT2D eigenvalue weighted by atomic mass is 32.2. The molecule has 2 atom stereocenters. The maximum atomic E-state index is 13.5. The third-order valence-electron chi connectivity index (χ3n) is 6.50. The maximum Gasteiger partial charge on any atom is 0.256 e. The molecule has 9 heteroatoms. The van der Waals surface area contributed by atoms with E-state index in [2.05, 4.69) is 10.0 Å². The Hall–Kier alpha value is -3.69. The van der Waals surface area contributed by atoms with Crippen molar-refractivity contribution in [3.05, 3.63) is 77.9 Å². The summed E-state index contributed by atoms with van der Waals surface area (Å²) in [5.74, 6) is 0.00467. The first-order valence-electron chi connectivity index (χ1n) is 11.3. The van der Waals surface area contributed by atoms with E-state index in [1.165, 1.54) is 17.0 Å². The summed E-state index contributed by atoms with van der Waals surface area (Å²) in [5.41, 5.74) is 3.45. The van der Waals surface area contributed by atoms with Crippen LogP contribution in [0.2, 0.25) is 0 Å². The van der Waals surface area contributed by atoms with Gasteiger partial charge < -0.3 is 15.0 Å². The third kappa shape index (κ3) is 4.28. The fraction of sp³-hybridized carbons (Fsp3) is 0.231. The van der Waals surface area contributed by atoms with E-state index in [1.54, 1.807) is 31.4 Å². The summed E-state index contributed by atoms with van der Waals surface area (Å²) in [6.07, 6.45) is 0.336. The Morgan fingerprint density at radius 3 is 2.34 bits per heavy atom. The maximum absolute atomic E-state index is 13.5. The number of ether oxygens (including phenoxy) is 1. The first-order valence-corrected chi connectivity index (χ1v) is 12.7. The number of benzene rings is 3. The van der Waals surface area contributed by atoms with Crippen molar-refractivity contribution in [1.29, 1.82) is 0 Å². The Labute approximate surface area is 204 Å². The Kier molecular flexibility index (Phi) is 5.82. The molecule has 180 valence electrons. The van der Waals surface area contributed by atoms with Gasteiger partial charge in [-0.05, 0) is 60.9 Å². The highest BCUT2D eigenvalue weighted by Gasteiger charge is 2.46. The van der Waals surface area contributed by atoms with Crippen molar-refractivity contribution in [1.82, 2.24) is 9.62 Å². The second kappa shape index (κ2) is 8.83. The molecule has 0 saturated carbocycles. The molecule has 8 nitrogen and oxygen atoms in total. The number of carbonyl (C=O) groups excluding carboxylic acids is 2. The molecule has 0 radical (unpaired) electrons. The number of hydrogen-bond donors (Lipinski definition) is 2. The lowest BCUT2D eigenvalue weighted by atomic mass is 10.0. The number of hydrogen-bond acceptors (Lipinski definition) is 5. The molecular weight excluding hydrogens is 466 g/mol. The lowest BCUT2D eigenvalue weighted by molar-refractivity contribution is -0.120. The summed E-state index contributed by atoms with van der Waals surface area (Å²) in [6.45, 7) is 2.14. The number of carbonyl (C=O) groups is 2. The van der Waals surface area contributed by atoms with Crippen LogP contribution in [0.3, 0.4) is 0 Å². The summed E-state index contributed by atoms with van der Waals surface area (Å²) in [5, 5.41) is 2.83. The first kappa shape index (κ1) is 23.1. The highest BCUT2D eigenvalue weighted by Crippen LogP contribution is 2.33. The summed E-state index contributed by atoms with van der Waals surface area (Å²) in [7, 11) is -2.26. The summed E-state index contributed by atoms with van der Waals surface area (Å²) in [6, 6.07) is 17.6. The van der Waals surface area contributed by atoms with Crippen molar-refractivity contribution in [2.24, 2.45) is 0 Å². The first-order chi connectivity index (χ1) is 16.8. The standard InChI is InChI=1S/C26H25N3O5S/c1-16-3-10-20(11-4-16)35(32,33)28-23-13-14-29-24(23)25(30)27-22-12-7-18(15-21(22)26(29)31)17-5-8-19(34-2)9-6-17/h3-12,15,23-24,28H,13-14H2,1-2H3,(H,27,30)/t23-,24+/m1/s1. The molecular formula is C26H25N3O5S. The lowest BCUT2D eigenvalue weighted by Gasteiger charge is -2.25. The van der Waals surface area contributed by atoms with Gasteiger partial charge in [0.15, 0.2) is 0 Å². The topological polar surface area (TPSA) is 105 Å². The number of anilines is 1. The van der Waals surface area contributed by atoms with E-state index in [-0.39, 0.29) is 17.3 Å². The second-order valence-corrected chi connectivity index (χ2v) is 10.5. The highest BCUT2D eigenvalue weighted by molar-refractivity contribution is 7.89. The molecule has 2 aliphatic heterocycles. The average Bonchev–Trinajstić information content (AvgIpc) is 3.22. The monoisotopic (exact) mass is 491 g/mol. The van der Waals surface area contributed by atoms with Gasteiger partial charge in [-0.1, -0.05) is 35.9 Å². The van der Waals surface area contributed by atoms with Crippen molar-refractivity contribution in [3.8, 4) is 16.9 Å². The van der Waals surface area contributed by atoms with E-state index in [9.17, 15) is 18.0 Å². The van der Waals surface area contributed by atoms with Crippen LogP contribution in [0.15, 0.2) is 71.6 Å². The van der Waals surface area contributed by atoms with Crippen molar-refractivity contribution in [2.75, 3.05) is 19.0 Å². The molecule has 0 unspecified atom stereocenters. The fourth-order valence-corrected chi connectivity index (χ4v) is 5.88. The van der Waals surface area contributed by atoms with Crippen molar-refractivity contribution >= 4 is 27.5 Å². The van der Waals surface area contributed by atoms with E-state index in [1.807, 2.05) is 37.3 Å². The third-order valence-corrected chi connectivity index (χ3v) is 8.00. The molecule has 0 bridgehead atoms. The molecule has 0 aliphatic carbocycles. The number of nitrogens with one attached hydrogen (secondary N) is 2. The van der Waals surface area contributed by atoms with Gasteiger partial charge >= 0.3 is 0 Å². The summed E-state index contributed by atoms with van der Waals surface area (Å²) < 4.78 is 33.8. The van der Waals surface area contributed by atoms with Gasteiger partial charge in [-0.2, -0.15) is 0 Å². The molecule has 1 saturated heterocycles. The molecule has 3 aromatic rings. The number of rotatable bonds is 5. The molecule has 5 rings (SSSR count). The molecule has 35 heavy (non-hydrogen) atoms. The quantitative estimate of drug-likeness (QED) is 0.571. The van der Waals surface area contributed by atoms with Crippen LogP contribution in [0.1, 0.15) is 22.3 Å². The van der Waals surface area contributed by atoms with Crippen LogP contribution < -0.4 is 14.8 Å². The van der Waals surface area contributed by atoms with E-state index in [0.717, 1.165) is 22.4 Å². The van der Waals surface area contributed by atoms with Crippen LogP contribution >= 0.6 is 0 Å². The van der Waals surface area contributed by atoms with Crippen LogP contribution in [-0.4, -0.2) is 50.9 Å². The number of methoxy groups -OCH3 is 1. The van der Waals surface area contributed by atoms with Gasteiger partial charge in [-0.15, -0.1) is 0 Å². The zero-order chi connectivity index (χ0) is 24.7. The van der Waals surface area contributed by atoms with Crippen LogP contribution in [-0.2, 0) is 14.8 Å². The van der Waals surface area contributed by atoms with Gasteiger partial charge in [0, 0.05) is 6.54 Å². The molecule has 2 aliphatic rings. The molecule has 3 aromatic carbocycles. The zero-order valence-electron chi connectivity index (χ0n) is 19.3. The van der Waals surface area contributed by atoms with Gasteiger partial charge in [0.25, 0.3) is 5.91 Å². The van der Waals surface area contributed by atoms with E-state index in [4.69, 9.17) is 4.74 Å². The zero-order valence-corrected chi connectivity index (χ0v) is 20.1. The largest absolute Gasteiger partial charge is 0.497 e. The molecule has 2 N–H and O–H groups in total. The van der Waals surface area contributed by atoms with Crippen LogP contribution in [0.5, 0.6) is 5.75 Å². The van der Waals surface area contributed by atoms with Gasteiger partial charge in [-0.25, -0.2) is 13.1 Å². The predicted molar refractivity (Wildman–Crippen MR) is 132 cm³/mol. The van der Waals surface area contributed by atoms with E-state index in [0.29, 0.717) is 17.7 Å². The number of fused-ring (bicyclic) bond motifs is 2. The predicted octanol–water partition coefficient (Wildman–Crippen LogP) is 3.18. The van der Waals surface area contributed by atoms with Crippen molar-refractivity contribution in [2.45, 2.75) is 30.3 Å². The van der Waals surface area contributed by atoms with Crippen molar-refractivity contribution in [3.63, 3.8) is 0 Å². The number of aryl methyl sites for hydroxylation is 1.